The van der Waals surface area contributed by atoms with Gasteiger partial charge in [0.25, 0.3) is 11.8 Å². The van der Waals surface area contributed by atoms with E-state index in [1.807, 2.05) is 30.3 Å². The summed E-state index contributed by atoms with van der Waals surface area (Å²) in [6.45, 7) is 3.52. The van der Waals surface area contributed by atoms with Crippen LogP contribution >= 0.6 is 0 Å². The lowest BCUT2D eigenvalue weighted by atomic mass is 9.96. The first-order valence-corrected chi connectivity index (χ1v) is 9.42. The van der Waals surface area contributed by atoms with Crippen molar-refractivity contribution in [2.24, 2.45) is 5.92 Å². The summed E-state index contributed by atoms with van der Waals surface area (Å²) in [5.41, 5.74) is 1.80. The highest BCUT2D eigenvalue weighted by atomic mass is 16.5. The predicted molar refractivity (Wildman–Crippen MR) is 106 cm³/mol. The Balaban J connectivity index is 1.72. The van der Waals surface area contributed by atoms with Crippen LogP contribution in [0.4, 0.5) is 5.69 Å². The molecule has 1 aliphatic rings. The lowest BCUT2D eigenvalue weighted by molar-refractivity contribution is 0.0914. The van der Waals surface area contributed by atoms with E-state index < -0.39 is 0 Å². The fourth-order valence-corrected chi connectivity index (χ4v) is 3.43. The van der Waals surface area contributed by atoms with E-state index in [1.54, 1.807) is 36.2 Å². The fourth-order valence-electron chi connectivity index (χ4n) is 3.43. The normalized spacial score (nSPS) is 17.3. The molecule has 1 N–H and O–H groups in total. The van der Waals surface area contributed by atoms with Crippen molar-refractivity contribution in [2.75, 3.05) is 25.2 Å². The topological polar surface area (TPSA) is 58.6 Å². The van der Waals surface area contributed by atoms with Gasteiger partial charge in [-0.3, -0.25) is 9.59 Å². The lowest BCUT2D eigenvalue weighted by Crippen LogP contribution is -2.40. The predicted octanol–water partition coefficient (Wildman–Crippen LogP) is 3.51. The molecule has 0 aliphatic carbocycles. The molecule has 1 heterocycles. The molecule has 2 atom stereocenters. The Bertz CT molecular complexity index is 785. The van der Waals surface area contributed by atoms with Crippen molar-refractivity contribution in [2.45, 2.75) is 25.8 Å². The smallest absolute Gasteiger partial charge is 0.258 e. The maximum absolute atomic E-state index is 12.8. The number of nitrogens with one attached hydrogen (secondary N) is 1. The van der Waals surface area contributed by atoms with Crippen LogP contribution < -0.4 is 10.2 Å². The largest absolute Gasteiger partial charge is 0.381 e. The van der Waals surface area contributed by atoms with Gasteiger partial charge in [0, 0.05) is 42.4 Å². The molecule has 5 nitrogen and oxygen atoms in total. The Morgan fingerprint density at radius 1 is 1.15 bits per heavy atom. The molecule has 3 rings (SSSR count). The van der Waals surface area contributed by atoms with E-state index in [-0.39, 0.29) is 17.9 Å². The zero-order valence-corrected chi connectivity index (χ0v) is 15.9. The molecule has 1 saturated heterocycles. The molecule has 1 fully saturated rings. The summed E-state index contributed by atoms with van der Waals surface area (Å²) in [5.74, 6) is 0.0610. The number of amides is 2. The Morgan fingerprint density at radius 3 is 2.56 bits per heavy atom. The Kier molecular flexibility index (Phi) is 6.24. The van der Waals surface area contributed by atoms with Gasteiger partial charge in [-0.25, -0.2) is 0 Å². The summed E-state index contributed by atoms with van der Waals surface area (Å²) in [5, 5.41) is 3.11. The third-order valence-corrected chi connectivity index (χ3v) is 5.11. The standard InChI is InChI=1S/C22H26N2O3/c1-3-20(18-12-13-27-15-18)23-21(25)16-8-7-9-17(14-16)22(26)24(2)19-10-5-4-6-11-19/h4-11,14,18,20H,3,12-13,15H2,1-2H3,(H,23,25). The maximum atomic E-state index is 12.8. The first-order chi connectivity index (χ1) is 13.1. The number of carbonyl (C=O) groups excluding carboxylic acids is 2. The maximum Gasteiger partial charge on any atom is 0.258 e. The van der Waals surface area contributed by atoms with Crippen molar-refractivity contribution in [1.29, 1.82) is 0 Å². The van der Waals surface area contributed by atoms with Crippen LogP contribution in [0.15, 0.2) is 54.6 Å². The zero-order valence-electron chi connectivity index (χ0n) is 15.9. The summed E-state index contributed by atoms with van der Waals surface area (Å²) >= 11 is 0. The summed E-state index contributed by atoms with van der Waals surface area (Å²) < 4.78 is 5.44. The van der Waals surface area contributed by atoms with E-state index in [9.17, 15) is 9.59 Å². The number of ether oxygens (including phenoxy) is 1. The van der Waals surface area contributed by atoms with Crippen LogP contribution in [0.2, 0.25) is 0 Å². The third kappa shape index (κ3) is 4.55. The fraction of sp³-hybridized carbons (Fsp3) is 0.364. The summed E-state index contributed by atoms with van der Waals surface area (Å²) in [6, 6.07) is 16.4. The van der Waals surface area contributed by atoms with E-state index in [4.69, 9.17) is 4.74 Å². The molecular formula is C22H26N2O3. The number of hydrogen-bond acceptors (Lipinski definition) is 3. The van der Waals surface area contributed by atoms with Crippen molar-refractivity contribution in [1.82, 2.24) is 5.32 Å². The van der Waals surface area contributed by atoms with Gasteiger partial charge in [-0.15, -0.1) is 0 Å². The Morgan fingerprint density at radius 2 is 1.89 bits per heavy atom. The molecule has 27 heavy (non-hydrogen) atoms. The Labute approximate surface area is 160 Å². The summed E-state index contributed by atoms with van der Waals surface area (Å²) in [6.07, 6.45) is 1.83. The van der Waals surface area contributed by atoms with Crippen molar-refractivity contribution >= 4 is 17.5 Å². The number of para-hydroxylation sites is 1. The minimum absolute atomic E-state index is 0.0892. The van der Waals surface area contributed by atoms with Gasteiger partial charge in [-0.05, 0) is 43.2 Å². The van der Waals surface area contributed by atoms with Gasteiger partial charge < -0.3 is 15.0 Å². The highest BCUT2D eigenvalue weighted by Gasteiger charge is 2.26. The van der Waals surface area contributed by atoms with Gasteiger partial charge in [0.15, 0.2) is 0 Å². The van der Waals surface area contributed by atoms with Crippen LogP contribution in [-0.4, -0.2) is 38.1 Å². The molecule has 0 radical (unpaired) electrons. The van der Waals surface area contributed by atoms with E-state index in [0.717, 1.165) is 25.1 Å². The second-order valence-corrected chi connectivity index (χ2v) is 6.89. The molecule has 2 aromatic rings. The van der Waals surface area contributed by atoms with Crippen molar-refractivity contribution in [3.05, 3.63) is 65.7 Å². The van der Waals surface area contributed by atoms with E-state index in [1.165, 1.54) is 0 Å². The number of nitrogens with zero attached hydrogens (tertiary/aromatic N) is 1. The van der Waals surface area contributed by atoms with E-state index in [0.29, 0.717) is 23.7 Å². The monoisotopic (exact) mass is 366 g/mol. The molecule has 0 saturated carbocycles. The van der Waals surface area contributed by atoms with E-state index >= 15 is 0 Å². The molecule has 2 amide bonds. The van der Waals surface area contributed by atoms with Gasteiger partial charge in [0.2, 0.25) is 0 Å². The molecule has 2 unspecified atom stereocenters. The molecule has 142 valence electrons. The minimum atomic E-state index is -0.147. The van der Waals surface area contributed by atoms with Crippen molar-refractivity contribution in [3.8, 4) is 0 Å². The highest BCUT2D eigenvalue weighted by Crippen LogP contribution is 2.20. The average molecular weight is 366 g/mol. The number of rotatable bonds is 6. The van der Waals surface area contributed by atoms with Crippen LogP contribution in [-0.2, 0) is 4.74 Å². The van der Waals surface area contributed by atoms with Gasteiger partial charge in [-0.2, -0.15) is 0 Å². The zero-order chi connectivity index (χ0) is 19.2. The van der Waals surface area contributed by atoms with Gasteiger partial charge in [0.05, 0.1) is 6.61 Å². The first-order valence-electron chi connectivity index (χ1n) is 9.42. The molecule has 2 aromatic carbocycles. The molecular weight excluding hydrogens is 340 g/mol. The molecule has 0 aromatic heterocycles. The summed E-state index contributed by atoms with van der Waals surface area (Å²) in [7, 11) is 1.73. The second-order valence-electron chi connectivity index (χ2n) is 6.89. The minimum Gasteiger partial charge on any atom is -0.381 e. The van der Waals surface area contributed by atoms with Gasteiger partial charge in [0.1, 0.15) is 0 Å². The second kappa shape index (κ2) is 8.82. The van der Waals surface area contributed by atoms with Crippen LogP contribution in [0.5, 0.6) is 0 Å². The van der Waals surface area contributed by atoms with Crippen LogP contribution in [0, 0.1) is 5.92 Å². The molecule has 0 spiro atoms. The van der Waals surface area contributed by atoms with Crippen LogP contribution in [0.3, 0.4) is 0 Å². The molecule has 5 heteroatoms. The number of hydrogen-bond donors (Lipinski definition) is 1. The number of carbonyl (C=O) groups is 2. The lowest BCUT2D eigenvalue weighted by Gasteiger charge is -2.22. The molecule has 1 aliphatic heterocycles. The molecule has 0 bridgehead atoms. The Hall–Kier alpha value is -2.66. The first kappa shape index (κ1) is 19.1. The SMILES string of the molecule is CCC(NC(=O)c1cccc(C(=O)N(C)c2ccccc2)c1)C1CCOC1. The number of anilines is 1. The summed E-state index contributed by atoms with van der Waals surface area (Å²) in [4.78, 5) is 27.1. The van der Waals surface area contributed by atoms with Gasteiger partial charge in [-0.1, -0.05) is 31.2 Å². The number of benzene rings is 2. The van der Waals surface area contributed by atoms with Crippen LogP contribution in [0.1, 0.15) is 40.5 Å². The van der Waals surface area contributed by atoms with Gasteiger partial charge >= 0.3 is 0 Å². The third-order valence-electron chi connectivity index (χ3n) is 5.11. The van der Waals surface area contributed by atoms with Crippen LogP contribution in [0.25, 0.3) is 0 Å². The van der Waals surface area contributed by atoms with Crippen molar-refractivity contribution < 1.29 is 14.3 Å². The van der Waals surface area contributed by atoms with Crippen molar-refractivity contribution in [3.63, 3.8) is 0 Å². The highest BCUT2D eigenvalue weighted by molar-refractivity contribution is 6.07. The average Bonchev–Trinajstić information content (AvgIpc) is 3.26. The van der Waals surface area contributed by atoms with E-state index in [2.05, 4.69) is 12.2 Å². The quantitative estimate of drug-likeness (QED) is 0.851.